The molecule has 0 aliphatic carbocycles. The molecule has 0 bridgehead atoms. The summed E-state index contributed by atoms with van der Waals surface area (Å²) in [5, 5.41) is 4.56. The Bertz CT molecular complexity index is 787. The molecule has 5 heteroatoms. The number of hydrogen-bond acceptors (Lipinski definition) is 3. The van der Waals surface area contributed by atoms with E-state index in [0.717, 1.165) is 37.3 Å². The van der Waals surface area contributed by atoms with Crippen molar-refractivity contribution in [2.75, 3.05) is 13.2 Å². The number of nitrogens with zero attached hydrogens (tertiary/aromatic N) is 3. The van der Waals surface area contributed by atoms with Gasteiger partial charge in [-0.2, -0.15) is 5.10 Å². The molecule has 0 N–H and O–H groups in total. The van der Waals surface area contributed by atoms with Crippen LogP contribution < -0.4 is 4.74 Å². The third-order valence-corrected chi connectivity index (χ3v) is 5.23. The van der Waals surface area contributed by atoms with Crippen LogP contribution in [0.15, 0.2) is 30.5 Å². The molecular formula is C23H33N3O2. The topological polar surface area (TPSA) is 47.4 Å². The lowest BCUT2D eigenvalue weighted by molar-refractivity contribution is 0.0732. The normalized spacial score (nSPS) is 14.1. The number of hydrogen-bond donors (Lipinski definition) is 0. The Kier molecular flexibility index (Phi) is 6.42. The Hall–Kier alpha value is -2.30. The largest absolute Gasteiger partial charge is 0.494 e. The first kappa shape index (κ1) is 20.4. The molecule has 1 amide bonds. The zero-order chi connectivity index (χ0) is 20.1. The fourth-order valence-electron chi connectivity index (χ4n) is 3.68. The Labute approximate surface area is 168 Å². The molecule has 0 radical (unpaired) electrons. The lowest BCUT2D eigenvalue weighted by Gasteiger charge is -2.30. The van der Waals surface area contributed by atoms with E-state index >= 15 is 0 Å². The van der Waals surface area contributed by atoms with Gasteiger partial charge in [0, 0.05) is 36.3 Å². The molecule has 5 nitrogen and oxygen atoms in total. The van der Waals surface area contributed by atoms with Gasteiger partial charge in [-0.25, -0.2) is 0 Å². The van der Waals surface area contributed by atoms with Gasteiger partial charge in [0.1, 0.15) is 5.75 Å². The Morgan fingerprint density at radius 2 is 1.89 bits per heavy atom. The van der Waals surface area contributed by atoms with Crippen LogP contribution in [0.1, 0.15) is 75.0 Å². The number of unbranched alkanes of at least 4 members (excludes halogenated alkanes) is 3. The summed E-state index contributed by atoms with van der Waals surface area (Å²) in [5.74, 6) is 0.907. The van der Waals surface area contributed by atoms with Crippen LogP contribution in [0.2, 0.25) is 0 Å². The summed E-state index contributed by atoms with van der Waals surface area (Å²) in [6.45, 7) is 10.8. The molecule has 1 aliphatic heterocycles. The van der Waals surface area contributed by atoms with Gasteiger partial charge in [-0.1, -0.05) is 26.2 Å². The molecular weight excluding hydrogens is 350 g/mol. The summed E-state index contributed by atoms with van der Waals surface area (Å²) in [6, 6.07) is 7.55. The molecule has 2 aromatic rings. The van der Waals surface area contributed by atoms with Crippen LogP contribution in [0.5, 0.6) is 5.75 Å². The molecule has 0 fully saturated rings. The van der Waals surface area contributed by atoms with Crippen LogP contribution in [0.4, 0.5) is 0 Å². The second-order valence-electron chi connectivity index (χ2n) is 8.61. The highest BCUT2D eigenvalue weighted by molar-refractivity contribution is 5.94. The Morgan fingerprint density at radius 3 is 2.57 bits per heavy atom. The maximum atomic E-state index is 12.9. The molecule has 1 aromatic heterocycles. The van der Waals surface area contributed by atoms with Gasteiger partial charge in [0.2, 0.25) is 0 Å². The highest BCUT2D eigenvalue weighted by Crippen LogP contribution is 2.25. The van der Waals surface area contributed by atoms with E-state index in [0.29, 0.717) is 12.1 Å². The predicted molar refractivity (Wildman–Crippen MR) is 112 cm³/mol. The summed E-state index contributed by atoms with van der Waals surface area (Å²) in [5.41, 5.74) is 3.08. The number of carbonyl (C=O) groups excluding carboxylic acids is 1. The van der Waals surface area contributed by atoms with Gasteiger partial charge < -0.3 is 9.64 Å². The first-order valence-corrected chi connectivity index (χ1v) is 10.5. The van der Waals surface area contributed by atoms with Crippen molar-refractivity contribution in [3.05, 3.63) is 47.3 Å². The molecule has 0 saturated carbocycles. The van der Waals surface area contributed by atoms with E-state index in [1.165, 1.54) is 25.0 Å². The maximum absolute atomic E-state index is 12.9. The Balaban J connectivity index is 1.58. The van der Waals surface area contributed by atoms with Crippen molar-refractivity contribution in [1.82, 2.24) is 14.7 Å². The maximum Gasteiger partial charge on any atom is 0.254 e. The van der Waals surface area contributed by atoms with Crippen LogP contribution in [0.25, 0.3) is 0 Å². The first-order valence-electron chi connectivity index (χ1n) is 10.5. The number of carbonyl (C=O) groups is 1. The van der Waals surface area contributed by atoms with Gasteiger partial charge in [0.15, 0.2) is 0 Å². The molecule has 1 aromatic carbocycles. The van der Waals surface area contributed by atoms with E-state index in [1.807, 2.05) is 35.4 Å². The third-order valence-electron chi connectivity index (χ3n) is 5.23. The number of ether oxygens (including phenoxy) is 1. The minimum absolute atomic E-state index is 0.0356. The minimum Gasteiger partial charge on any atom is -0.494 e. The van der Waals surface area contributed by atoms with Crippen molar-refractivity contribution < 1.29 is 9.53 Å². The van der Waals surface area contributed by atoms with Crippen molar-refractivity contribution >= 4 is 5.91 Å². The standard InChI is InChI=1S/C23H33N3O2/c1-5-6-7-8-15-28-20-11-9-18(10-12-20)22(27)25-14-13-21-19(17-25)16-24-26(21)23(2,3)4/h9-12,16H,5-8,13-15,17H2,1-4H3. The first-order chi connectivity index (χ1) is 13.4. The number of aromatic nitrogens is 2. The van der Waals surface area contributed by atoms with E-state index < -0.39 is 0 Å². The zero-order valence-electron chi connectivity index (χ0n) is 17.7. The van der Waals surface area contributed by atoms with Gasteiger partial charge in [-0.05, 0) is 51.5 Å². The fraction of sp³-hybridized carbons (Fsp3) is 0.565. The van der Waals surface area contributed by atoms with Crippen molar-refractivity contribution in [2.45, 2.75) is 71.9 Å². The van der Waals surface area contributed by atoms with Gasteiger partial charge in [-0.15, -0.1) is 0 Å². The third kappa shape index (κ3) is 4.75. The monoisotopic (exact) mass is 383 g/mol. The highest BCUT2D eigenvalue weighted by atomic mass is 16.5. The number of amides is 1. The summed E-state index contributed by atoms with van der Waals surface area (Å²) < 4.78 is 7.87. The van der Waals surface area contributed by atoms with Crippen molar-refractivity contribution in [2.24, 2.45) is 0 Å². The molecule has 0 atom stereocenters. The number of fused-ring (bicyclic) bond motifs is 1. The van der Waals surface area contributed by atoms with Gasteiger partial charge in [-0.3, -0.25) is 9.48 Å². The van der Waals surface area contributed by atoms with Crippen LogP contribution in [0.3, 0.4) is 0 Å². The van der Waals surface area contributed by atoms with Gasteiger partial charge in [0.25, 0.3) is 5.91 Å². The quantitative estimate of drug-likeness (QED) is 0.646. The van der Waals surface area contributed by atoms with Crippen LogP contribution in [0, 0.1) is 0 Å². The van der Waals surface area contributed by atoms with E-state index in [9.17, 15) is 4.79 Å². The summed E-state index contributed by atoms with van der Waals surface area (Å²) in [4.78, 5) is 14.8. The molecule has 28 heavy (non-hydrogen) atoms. The van der Waals surface area contributed by atoms with Crippen LogP contribution in [-0.2, 0) is 18.5 Å². The molecule has 0 unspecified atom stereocenters. The number of benzene rings is 1. The Morgan fingerprint density at radius 1 is 1.14 bits per heavy atom. The van der Waals surface area contributed by atoms with E-state index in [4.69, 9.17) is 4.74 Å². The molecule has 1 aliphatic rings. The lowest BCUT2D eigenvalue weighted by atomic mass is 10.0. The van der Waals surface area contributed by atoms with Crippen LogP contribution >= 0.6 is 0 Å². The highest BCUT2D eigenvalue weighted by Gasteiger charge is 2.27. The average Bonchev–Trinajstić information content (AvgIpc) is 3.11. The minimum atomic E-state index is -0.0356. The summed E-state index contributed by atoms with van der Waals surface area (Å²) >= 11 is 0. The molecule has 0 saturated heterocycles. The molecule has 2 heterocycles. The van der Waals surface area contributed by atoms with Crippen molar-refractivity contribution in [3.8, 4) is 5.75 Å². The molecule has 3 rings (SSSR count). The van der Waals surface area contributed by atoms with E-state index in [1.54, 1.807) is 0 Å². The van der Waals surface area contributed by atoms with Crippen LogP contribution in [-0.4, -0.2) is 33.7 Å². The van der Waals surface area contributed by atoms with Gasteiger partial charge in [0.05, 0.1) is 18.3 Å². The lowest BCUT2D eigenvalue weighted by Crippen LogP contribution is -2.37. The predicted octanol–water partition coefficient (Wildman–Crippen LogP) is 4.80. The smallest absolute Gasteiger partial charge is 0.254 e. The summed E-state index contributed by atoms with van der Waals surface area (Å²) in [7, 11) is 0. The number of rotatable bonds is 7. The fourth-order valence-corrected chi connectivity index (χ4v) is 3.68. The summed E-state index contributed by atoms with van der Waals surface area (Å²) in [6.07, 6.45) is 7.52. The van der Waals surface area contributed by atoms with E-state index in [2.05, 4.69) is 37.5 Å². The average molecular weight is 384 g/mol. The zero-order valence-corrected chi connectivity index (χ0v) is 17.7. The molecule has 152 valence electrons. The van der Waals surface area contributed by atoms with E-state index in [-0.39, 0.29) is 11.4 Å². The molecule has 0 spiro atoms. The van der Waals surface area contributed by atoms with Crippen molar-refractivity contribution in [3.63, 3.8) is 0 Å². The van der Waals surface area contributed by atoms with Crippen molar-refractivity contribution in [1.29, 1.82) is 0 Å². The van der Waals surface area contributed by atoms with Gasteiger partial charge >= 0.3 is 0 Å². The SMILES string of the molecule is CCCCCCOc1ccc(C(=O)N2CCc3c(cnn3C(C)(C)C)C2)cc1. The second-order valence-corrected chi connectivity index (χ2v) is 8.61. The second kappa shape index (κ2) is 8.80.